The summed E-state index contributed by atoms with van der Waals surface area (Å²) in [5.74, 6) is 0.419. The lowest BCUT2D eigenvalue weighted by molar-refractivity contribution is 1.26. The van der Waals surface area contributed by atoms with Crippen LogP contribution in [0.5, 0.6) is 0 Å². The SMILES string of the molecule is ClCc1nc(-c2cccc(Cl)c2Cl)cs1. The molecule has 15 heavy (non-hydrogen) atoms. The van der Waals surface area contributed by atoms with Crippen molar-refractivity contribution in [3.8, 4) is 11.3 Å². The van der Waals surface area contributed by atoms with Gasteiger partial charge in [-0.15, -0.1) is 22.9 Å². The molecule has 0 bridgehead atoms. The Hall–Kier alpha value is -0.280. The molecule has 1 aromatic carbocycles. The molecule has 2 aromatic rings. The first kappa shape index (κ1) is 11.2. The fraction of sp³-hybridized carbons (Fsp3) is 0.100. The number of thiazole rings is 1. The van der Waals surface area contributed by atoms with Crippen LogP contribution in [0.2, 0.25) is 10.0 Å². The van der Waals surface area contributed by atoms with Gasteiger partial charge in [0.1, 0.15) is 5.01 Å². The van der Waals surface area contributed by atoms with Gasteiger partial charge in [-0.3, -0.25) is 0 Å². The number of hydrogen-bond donors (Lipinski definition) is 0. The highest BCUT2D eigenvalue weighted by molar-refractivity contribution is 7.10. The van der Waals surface area contributed by atoms with Crippen LogP contribution < -0.4 is 0 Å². The Balaban J connectivity index is 2.49. The summed E-state index contributed by atoms with van der Waals surface area (Å²) in [5, 5.41) is 3.87. The average molecular weight is 279 g/mol. The second kappa shape index (κ2) is 4.71. The van der Waals surface area contributed by atoms with Crippen LogP contribution in [0.15, 0.2) is 23.6 Å². The predicted octanol–water partition coefficient (Wildman–Crippen LogP) is 4.86. The van der Waals surface area contributed by atoms with Crippen LogP contribution in [0.1, 0.15) is 5.01 Å². The molecule has 0 aliphatic heterocycles. The van der Waals surface area contributed by atoms with Gasteiger partial charge < -0.3 is 0 Å². The van der Waals surface area contributed by atoms with E-state index in [4.69, 9.17) is 34.8 Å². The third kappa shape index (κ3) is 2.28. The number of halogens is 3. The minimum absolute atomic E-state index is 0.419. The lowest BCUT2D eigenvalue weighted by atomic mass is 10.2. The summed E-state index contributed by atoms with van der Waals surface area (Å²) >= 11 is 19.2. The average Bonchev–Trinajstić information content (AvgIpc) is 2.70. The Labute approximate surface area is 107 Å². The van der Waals surface area contributed by atoms with Crippen molar-refractivity contribution in [1.82, 2.24) is 4.98 Å². The molecule has 0 aliphatic carbocycles. The number of nitrogens with zero attached hydrogens (tertiary/aromatic N) is 1. The Morgan fingerprint density at radius 3 is 2.73 bits per heavy atom. The van der Waals surface area contributed by atoms with Crippen LogP contribution in [0, 0.1) is 0 Å². The fourth-order valence-corrected chi connectivity index (χ4v) is 2.49. The molecule has 0 unspecified atom stereocenters. The first-order chi connectivity index (χ1) is 7.22. The van der Waals surface area contributed by atoms with Gasteiger partial charge in [-0.25, -0.2) is 4.98 Å². The Bertz CT molecular complexity index is 481. The lowest BCUT2D eigenvalue weighted by Gasteiger charge is -2.01. The standard InChI is InChI=1S/C10H6Cl3NS/c11-4-9-14-8(5-15-9)6-2-1-3-7(12)10(6)13/h1-3,5H,4H2. The molecule has 5 heteroatoms. The molecule has 0 saturated heterocycles. The maximum Gasteiger partial charge on any atom is 0.108 e. The molecule has 2 rings (SSSR count). The molecule has 1 nitrogen and oxygen atoms in total. The third-order valence-corrected chi connectivity index (χ3v) is 3.97. The summed E-state index contributed by atoms with van der Waals surface area (Å²) in [5.41, 5.74) is 1.67. The van der Waals surface area contributed by atoms with Crippen molar-refractivity contribution in [1.29, 1.82) is 0 Å². The largest absolute Gasteiger partial charge is 0.240 e. The number of benzene rings is 1. The van der Waals surface area contributed by atoms with E-state index in [1.165, 1.54) is 11.3 Å². The van der Waals surface area contributed by atoms with E-state index < -0.39 is 0 Å². The first-order valence-corrected chi connectivity index (χ1v) is 6.34. The molecule has 0 fully saturated rings. The fourth-order valence-electron chi connectivity index (χ4n) is 1.20. The summed E-state index contributed by atoms with van der Waals surface area (Å²) < 4.78 is 0. The summed E-state index contributed by atoms with van der Waals surface area (Å²) in [6, 6.07) is 5.49. The van der Waals surface area contributed by atoms with Gasteiger partial charge in [-0.05, 0) is 6.07 Å². The lowest BCUT2D eigenvalue weighted by Crippen LogP contribution is -1.81. The topological polar surface area (TPSA) is 12.9 Å². The van der Waals surface area contributed by atoms with Gasteiger partial charge in [0.15, 0.2) is 0 Å². The van der Waals surface area contributed by atoms with Crippen LogP contribution >= 0.6 is 46.1 Å². The number of hydrogen-bond acceptors (Lipinski definition) is 2. The quantitative estimate of drug-likeness (QED) is 0.715. The van der Waals surface area contributed by atoms with Crippen LogP contribution in [0.3, 0.4) is 0 Å². The predicted molar refractivity (Wildman–Crippen MR) is 67.1 cm³/mol. The second-order valence-electron chi connectivity index (χ2n) is 2.86. The van der Waals surface area contributed by atoms with E-state index >= 15 is 0 Å². The maximum absolute atomic E-state index is 6.08. The van der Waals surface area contributed by atoms with Crippen molar-refractivity contribution in [3.63, 3.8) is 0 Å². The normalized spacial score (nSPS) is 10.6. The molecule has 0 spiro atoms. The van der Waals surface area contributed by atoms with Crippen molar-refractivity contribution in [2.75, 3.05) is 0 Å². The van der Waals surface area contributed by atoms with Crippen LogP contribution in [-0.4, -0.2) is 4.98 Å². The minimum Gasteiger partial charge on any atom is -0.240 e. The summed E-state index contributed by atoms with van der Waals surface area (Å²) in [7, 11) is 0. The van der Waals surface area contributed by atoms with Crippen LogP contribution in [0.4, 0.5) is 0 Å². The van der Waals surface area contributed by atoms with Crippen molar-refractivity contribution in [3.05, 3.63) is 38.6 Å². The van der Waals surface area contributed by atoms with Gasteiger partial charge in [-0.2, -0.15) is 0 Å². The second-order valence-corrected chi connectivity index (χ2v) is 4.86. The molecule has 0 atom stereocenters. The van der Waals surface area contributed by atoms with E-state index in [1.54, 1.807) is 6.07 Å². The molecule has 0 amide bonds. The van der Waals surface area contributed by atoms with E-state index in [9.17, 15) is 0 Å². The summed E-state index contributed by atoms with van der Waals surface area (Å²) in [6.07, 6.45) is 0. The smallest absolute Gasteiger partial charge is 0.108 e. The summed E-state index contributed by atoms with van der Waals surface area (Å²) in [4.78, 5) is 4.34. The van der Waals surface area contributed by atoms with Crippen molar-refractivity contribution in [2.45, 2.75) is 5.88 Å². The van der Waals surface area contributed by atoms with E-state index in [2.05, 4.69) is 4.98 Å². The Morgan fingerprint density at radius 1 is 1.27 bits per heavy atom. The highest BCUT2D eigenvalue weighted by atomic mass is 35.5. The number of rotatable bonds is 2. The van der Waals surface area contributed by atoms with E-state index in [1.807, 2.05) is 17.5 Å². The van der Waals surface area contributed by atoms with Gasteiger partial charge in [-0.1, -0.05) is 35.3 Å². The van der Waals surface area contributed by atoms with Gasteiger partial charge in [0.05, 0.1) is 21.6 Å². The Morgan fingerprint density at radius 2 is 2.07 bits per heavy atom. The van der Waals surface area contributed by atoms with Crippen molar-refractivity contribution < 1.29 is 0 Å². The molecule has 1 heterocycles. The molecular weight excluding hydrogens is 273 g/mol. The zero-order chi connectivity index (χ0) is 10.8. The van der Waals surface area contributed by atoms with Gasteiger partial charge in [0, 0.05) is 10.9 Å². The first-order valence-electron chi connectivity index (χ1n) is 4.17. The van der Waals surface area contributed by atoms with Crippen molar-refractivity contribution >= 4 is 46.1 Å². The van der Waals surface area contributed by atoms with Crippen molar-refractivity contribution in [2.24, 2.45) is 0 Å². The summed E-state index contributed by atoms with van der Waals surface area (Å²) in [6.45, 7) is 0. The molecule has 0 aliphatic rings. The third-order valence-electron chi connectivity index (χ3n) is 1.89. The Kier molecular flexibility index (Phi) is 3.52. The van der Waals surface area contributed by atoms with Gasteiger partial charge >= 0.3 is 0 Å². The molecule has 0 N–H and O–H groups in total. The molecular formula is C10H6Cl3NS. The number of alkyl halides is 1. The van der Waals surface area contributed by atoms with E-state index in [-0.39, 0.29) is 0 Å². The zero-order valence-corrected chi connectivity index (χ0v) is 10.6. The van der Waals surface area contributed by atoms with Crippen LogP contribution in [0.25, 0.3) is 11.3 Å². The van der Waals surface area contributed by atoms with E-state index in [0.717, 1.165) is 16.3 Å². The molecule has 78 valence electrons. The number of aromatic nitrogens is 1. The van der Waals surface area contributed by atoms with E-state index in [0.29, 0.717) is 15.9 Å². The highest BCUT2D eigenvalue weighted by Gasteiger charge is 2.09. The molecule has 1 aromatic heterocycles. The molecule has 0 radical (unpaired) electrons. The zero-order valence-electron chi connectivity index (χ0n) is 7.51. The minimum atomic E-state index is 0.419. The molecule has 0 saturated carbocycles. The highest BCUT2D eigenvalue weighted by Crippen LogP contribution is 2.33. The maximum atomic E-state index is 6.08. The van der Waals surface area contributed by atoms with Gasteiger partial charge in [0.2, 0.25) is 0 Å². The monoisotopic (exact) mass is 277 g/mol. The van der Waals surface area contributed by atoms with Crippen LogP contribution in [-0.2, 0) is 5.88 Å². The van der Waals surface area contributed by atoms with Gasteiger partial charge in [0.25, 0.3) is 0 Å².